The summed E-state index contributed by atoms with van der Waals surface area (Å²) in [5.74, 6) is 1.47. The van der Waals surface area contributed by atoms with Crippen LogP contribution in [0, 0.1) is 0 Å². The first kappa shape index (κ1) is 29.6. The van der Waals surface area contributed by atoms with E-state index in [0.29, 0.717) is 48.4 Å². The molecule has 3 N–H and O–H groups in total. The first-order chi connectivity index (χ1) is 22.0. The van der Waals surface area contributed by atoms with E-state index in [2.05, 4.69) is 43.4 Å². The lowest BCUT2D eigenvalue weighted by Crippen LogP contribution is -2.51. The molecule has 2 fully saturated rings. The number of amides is 1. The monoisotopic (exact) mass is 631 g/mol. The van der Waals surface area contributed by atoms with Gasteiger partial charge in [0.25, 0.3) is 5.91 Å². The third kappa shape index (κ3) is 6.12. The number of hydrogen-bond donors (Lipinski definition) is 2. The molecule has 2 atom stereocenters. The molecule has 0 unspecified atom stereocenters. The fourth-order valence-corrected chi connectivity index (χ4v) is 6.67. The average molecular weight is 632 g/mol. The highest BCUT2D eigenvalue weighted by Gasteiger charge is 2.34. The third-order valence-electron chi connectivity index (χ3n) is 8.97. The van der Waals surface area contributed by atoms with Crippen LogP contribution >= 0.6 is 11.6 Å². The van der Waals surface area contributed by atoms with Crippen LogP contribution in [0.3, 0.4) is 0 Å². The molecular weight excluding hydrogens is 594 g/mol. The highest BCUT2D eigenvalue weighted by Crippen LogP contribution is 2.34. The number of fused-ring (bicyclic) bond motifs is 3. The number of carbonyl (C=O) groups is 1. The molecule has 1 amide bonds. The largest absolute Gasteiger partial charge is 0.497 e. The smallest absolute Gasteiger partial charge is 0.257 e. The first-order valence-corrected chi connectivity index (χ1v) is 15.9. The van der Waals surface area contributed by atoms with E-state index in [9.17, 15) is 4.79 Å². The first-order valence-electron chi connectivity index (χ1n) is 15.6. The average Bonchev–Trinajstić information content (AvgIpc) is 3.47. The van der Waals surface area contributed by atoms with Gasteiger partial charge in [-0.1, -0.05) is 23.7 Å². The molecule has 2 aromatic carbocycles. The molecule has 2 aliphatic heterocycles. The summed E-state index contributed by atoms with van der Waals surface area (Å²) in [6, 6.07) is 14.0. The highest BCUT2D eigenvalue weighted by atomic mass is 35.5. The second kappa shape index (κ2) is 12.7. The fourth-order valence-electron chi connectivity index (χ4n) is 6.41. The van der Waals surface area contributed by atoms with Crippen molar-refractivity contribution in [3.8, 4) is 5.75 Å². The number of anilines is 3. The van der Waals surface area contributed by atoms with Gasteiger partial charge in [-0.2, -0.15) is 9.61 Å². The standard InChI is InChI=1S/C33H38ClN7O4/c1-43-25-6-4-21(5-7-25)19-40-10-2-3-26-30(34)38-31-27(18-36-41(31)33(26)40)32(42)37-28-8-9-29(28)45-20-22-15-23(35)17-24(16-22)39-11-13-44-14-12-39/h4-7,15-18,28-29H,2-3,8-14,19-20,35H2,1H3,(H,37,42)/t28-,29-/m1/s1. The molecule has 11 nitrogen and oxygen atoms in total. The zero-order valence-corrected chi connectivity index (χ0v) is 26.1. The maximum Gasteiger partial charge on any atom is 0.257 e. The number of hydrogen-bond acceptors (Lipinski definition) is 9. The van der Waals surface area contributed by atoms with E-state index in [1.54, 1.807) is 17.8 Å². The molecule has 3 aliphatic rings. The number of nitrogens with zero attached hydrogens (tertiary/aromatic N) is 5. The van der Waals surface area contributed by atoms with E-state index in [0.717, 1.165) is 79.3 Å². The number of halogens is 1. The van der Waals surface area contributed by atoms with Crippen molar-refractivity contribution < 1.29 is 19.0 Å². The Kier molecular flexibility index (Phi) is 8.39. The van der Waals surface area contributed by atoms with Gasteiger partial charge in [-0.3, -0.25) is 4.79 Å². The Balaban J connectivity index is 1.04. The number of nitrogens with one attached hydrogen (secondary N) is 1. The summed E-state index contributed by atoms with van der Waals surface area (Å²) in [4.78, 5) is 22.7. The molecule has 4 heterocycles. The maximum absolute atomic E-state index is 13.6. The van der Waals surface area contributed by atoms with Gasteiger partial charge in [0.1, 0.15) is 22.3 Å². The molecule has 1 saturated carbocycles. The number of nitrogens with two attached hydrogens (primary N) is 1. The van der Waals surface area contributed by atoms with Crippen LogP contribution in [0.25, 0.3) is 5.65 Å². The number of methoxy groups -OCH3 is 1. The lowest BCUT2D eigenvalue weighted by Gasteiger charge is -2.37. The molecule has 0 radical (unpaired) electrons. The molecular formula is C33H38ClN7O4. The fraction of sp³-hybridized carbons (Fsp3) is 0.424. The minimum absolute atomic E-state index is 0.0895. The molecule has 0 spiro atoms. The predicted molar refractivity (Wildman–Crippen MR) is 173 cm³/mol. The van der Waals surface area contributed by atoms with Gasteiger partial charge in [-0.05, 0) is 67.1 Å². The van der Waals surface area contributed by atoms with Crippen LogP contribution in [0.2, 0.25) is 5.15 Å². The summed E-state index contributed by atoms with van der Waals surface area (Å²) < 4.78 is 18.8. The Morgan fingerprint density at radius 3 is 2.69 bits per heavy atom. The zero-order valence-electron chi connectivity index (χ0n) is 25.4. The van der Waals surface area contributed by atoms with Gasteiger partial charge in [0, 0.05) is 43.1 Å². The summed E-state index contributed by atoms with van der Waals surface area (Å²) in [6.07, 6.45) is 4.97. The van der Waals surface area contributed by atoms with Crippen LogP contribution in [0.4, 0.5) is 17.2 Å². The summed E-state index contributed by atoms with van der Waals surface area (Å²) in [5, 5.41) is 8.21. The van der Waals surface area contributed by atoms with E-state index in [-0.39, 0.29) is 18.1 Å². The van der Waals surface area contributed by atoms with E-state index in [1.807, 2.05) is 24.3 Å². The van der Waals surface area contributed by atoms with Crippen LogP contribution in [-0.2, 0) is 29.0 Å². The highest BCUT2D eigenvalue weighted by molar-refractivity contribution is 6.30. The van der Waals surface area contributed by atoms with Crippen molar-refractivity contribution in [3.05, 3.63) is 76.1 Å². The van der Waals surface area contributed by atoms with Gasteiger partial charge in [-0.15, -0.1) is 0 Å². The van der Waals surface area contributed by atoms with Crippen LogP contribution in [0.15, 0.2) is 48.7 Å². The minimum Gasteiger partial charge on any atom is -0.497 e. The summed E-state index contributed by atoms with van der Waals surface area (Å²) in [6.45, 7) is 5.05. The molecule has 2 aromatic heterocycles. The lowest BCUT2D eigenvalue weighted by molar-refractivity contribution is -0.0338. The molecule has 1 aliphatic carbocycles. The van der Waals surface area contributed by atoms with Crippen molar-refractivity contribution >= 4 is 40.3 Å². The van der Waals surface area contributed by atoms with E-state index >= 15 is 0 Å². The number of nitrogen functional groups attached to an aromatic ring is 1. The topological polar surface area (TPSA) is 119 Å². The van der Waals surface area contributed by atoms with Crippen LogP contribution in [0.5, 0.6) is 5.75 Å². The van der Waals surface area contributed by atoms with Crippen molar-refractivity contribution in [2.45, 2.75) is 51.0 Å². The quantitative estimate of drug-likeness (QED) is 0.206. The molecule has 45 heavy (non-hydrogen) atoms. The maximum atomic E-state index is 13.6. The Bertz CT molecular complexity index is 1690. The SMILES string of the molecule is COc1ccc(CN2CCCc3c(Cl)nc4c(C(=O)N[C@@H]5CC[C@H]5OCc5cc(N)cc(N6CCOCC6)c5)cnn4c32)cc1. The number of aromatic nitrogens is 3. The number of benzene rings is 2. The van der Waals surface area contributed by atoms with Gasteiger partial charge < -0.3 is 35.1 Å². The van der Waals surface area contributed by atoms with Gasteiger partial charge in [0.05, 0.1) is 45.3 Å². The van der Waals surface area contributed by atoms with Crippen molar-refractivity contribution in [2.24, 2.45) is 0 Å². The minimum atomic E-state index is -0.233. The summed E-state index contributed by atoms with van der Waals surface area (Å²) in [5.41, 5.74) is 12.0. The normalized spacial score (nSPS) is 19.7. The van der Waals surface area contributed by atoms with Gasteiger partial charge >= 0.3 is 0 Å². The van der Waals surface area contributed by atoms with E-state index < -0.39 is 0 Å². The van der Waals surface area contributed by atoms with Crippen molar-refractivity contribution in [1.29, 1.82) is 0 Å². The van der Waals surface area contributed by atoms with E-state index in [4.69, 9.17) is 31.5 Å². The number of rotatable bonds is 9. The second-order valence-corrected chi connectivity index (χ2v) is 12.3. The van der Waals surface area contributed by atoms with Crippen LogP contribution < -0.4 is 25.6 Å². The molecule has 0 bridgehead atoms. The number of carbonyl (C=O) groups excluding carboxylic acids is 1. The van der Waals surface area contributed by atoms with Gasteiger partial charge in [-0.25, -0.2) is 4.98 Å². The van der Waals surface area contributed by atoms with Crippen molar-refractivity contribution in [3.63, 3.8) is 0 Å². The Morgan fingerprint density at radius 2 is 1.93 bits per heavy atom. The Hall–Kier alpha value is -4.06. The van der Waals surface area contributed by atoms with Crippen LogP contribution in [-0.4, -0.2) is 72.6 Å². The number of ether oxygens (including phenoxy) is 3. The summed E-state index contributed by atoms with van der Waals surface area (Å²) in [7, 11) is 1.66. The molecule has 4 aromatic rings. The molecule has 7 rings (SSSR count). The Morgan fingerprint density at radius 1 is 1.11 bits per heavy atom. The van der Waals surface area contributed by atoms with E-state index in [1.165, 1.54) is 0 Å². The Labute approximate surface area is 267 Å². The third-order valence-corrected chi connectivity index (χ3v) is 9.28. The van der Waals surface area contributed by atoms with Crippen molar-refractivity contribution in [1.82, 2.24) is 19.9 Å². The predicted octanol–water partition coefficient (Wildman–Crippen LogP) is 4.24. The zero-order chi connectivity index (χ0) is 30.9. The van der Waals surface area contributed by atoms with Crippen LogP contribution in [0.1, 0.15) is 46.3 Å². The molecule has 236 valence electrons. The molecule has 12 heteroatoms. The van der Waals surface area contributed by atoms with Gasteiger partial charge in [0.15, 0.2) is 5.65 Å². The summed E-state index contributed by atoms with van der Waals surface area (Å²) >= 11 is 6.74. The van der Waals surface area contributed by atoms with Gasteiger partial charge in [0.2, 0.25) is 0 Å². The number of morpholine rings is 1. The van der Waals surface area contributed by atoms with Crippen molar-refractivity contribution in [2.75, 3.05) is 55.5 Å². The molecule has 1 saturated heterocycles. The second-order valence-electron chi connectivity index (χ2n) is 11.9. The lowest BCUT2D eigenvalue weighted by atomic mass is 9.88.